The van der Waals surface area contributed by atoms with Gasteiger partial charge >= 0.3 is 0 Å². The van der Waals surface area contributed by atoms with Crippen LogP contribution in [0.3, 0.4) is 0 Å². The molecule has 0 spiro atoms. The second kappa shape index (κ2) is 7.62. The molecule has 0 radical (unpaired) electrons. The Morgan fingerprint density at radius 2 is 1.54 bits per heavy atom. The van der Waals surface area contributed by atoms with Crippen LogP contribution in [0.4, 0.5) is 10.1 Å². The SMILES string of the molecule is CC(C)(C)c1ccc(CNC(=S)NCc2ccc(N)c(F)c2)cc1. The van der Waals surface area contributed by atoms with Gasteiger partial charge in [-0.25, -0.2) is 4.39 Å². The van der Waals surface area contributed by atoms with Crippen molar-refractivity contribution >= 4 is 23.0 Å². The lowest BCUT2D eigenvalue weighted by atomic mass is 9.87. The van der Waals surface area contributed by atoms with Gasteiger partial charge in [0.1, 0.15) is 5.82 Å². The fraction of sp³-hybridized carbons (Fsp3) is 0.316. The summed E-state index contributed by atoms with van der Waals surface area (Å²) in [7, 11) is 0. The molecule has 0 saturated heterocycles. The van der Waals surface area contributed by atoms with Gasteiger partial charge in [-0.05, 0) is 46.5 Å². The molecule has 0 saturated carbocycles. The predicted molar refractivity (Wildman–Crippen MR) is 102 cm³/mol. The maximum absolute atomic E-state index is 13.4. The number of hydrogen-bond acceptors (Lipinski definition) is 2. The second-order valence-electron chi connectivity index (χ2n) is 6.84. The number of halogens is 1. The molecule has 0 atom stereocenters. The van der Waals surface area contributed by atoms with E-state index in [4.69, 9.17) is 18.0 Å². The minimum absolute atomic E-state index is 0.150. The number of nitrogens with two attached hydrogens (primary N) is 1. The molecule has 0 fully saturated rings. The molecule has 2 aromatic rings. The number of hydrogen-bond donors (Lipinski definition) is 3. The van der Waals surface area contributed by atoms with Crippen molar-refractivity contribution in [3.63, 3.8) is 0 Å². The highest BCUT2D eigenvalue weighted by Crippen LogP contribution is 2.22. The quantitative estimate of drug-likeness (QED) is 0.582. The molecule has 0 aliphatic heterocycles. The van der Waals surface area contributed by atoms with Crippen LogP contribution >= 0.6 is 12.2 Å². The molecule has 3 nitrogen and oxygen atoms in total. The molecule has 2 rings (SSSR count). The first-order valence-corrected chi connectivity index (χ1v) is 8.31. The third-order valence-corrected chi connectivity index (χ3v) is 4.08. The lowest BCUT2D eigenvalue weighted by Gasteiger charge is -2.19. The lowest BCUT2D eigenvalue weighted by molar-refractivity contribution is 0.590. The van der Waals surface area contributed by atoms with Crippen LogP contribution in [-0.4, -0.2) is 5.11 Å². The van der Waals surface area contributed by atoms with Gasteiger partial charge in [-0.15, -0.1) is 0 Å². The van der Waals surface area contributed by atoms with E-state index < -0.39 is 5.82 Å². The summed E-state index contributed by atoms with van der Waals surface area (Å²) >= 11 is 5.26. The van der Waals surface area contributed by atoms with Crippen LogP contribution in [0.25, 0.3) is 0 Å². The van der Waals surface area contributed by atoms with Crippen molar-refractivity contribution in [1.82, 2.24) is 10.6 Å². The first-order valence-electron chi connectivity index (χ1n) is 7.91. The minimum Gasteiger partial charge on any atom is -0.396 e. The van der Waals surface area contributed by atoms with Gasteiger partial charge in [0.2, 0.25) is 0 Å². The minimum atomic E-state index is -0.410. The van der Waals surface area contributed by atoms with E-state index in [2.05, 4.69) is 55.7 Å². The van der Waals surface area contributed by atoms with Crippen LogP contribution in [0, 0.1) is 5.82 Å². The molecule has 2 aromatic carbocycles. The van der Waals surface area contributed by atoms with Crippen LogP contribution in [-0.2, 0) is 18.5 Å². The van der Waals surface area contributed by atoms with Crippen molar-refractivity contribution in [2.45, 2.75) is 39.3 Å². The van der Waals surface area contributed by atoms with E-state index in [-0.39, 0.29) is 11.1 Å². The summed E-state index contributed by atoms with van der Waals surface area (Å²) in [6.07, 6.45) is 0. The highest BCUT2D eigenvalue weighted by molar-refractivity contribution is 7.80. The van der Waals surface area contributed by atoms with E-state index in [0.29, 0.717) is 18.2 Å². The number of nitrogen functional groups attached to an aromatic ring is 1. The molecular weight excluding hydrogens is 321 g/mol. The maximum atomic E-state index is 13.4. The number of thiocarbonyl (C=S) groups is 1. The summed E-state index contributed by atoms with van der Waals surface area (Å²) in [4.78, 5) is 0. The second-order valence-corrected chi connectivity index (χ2v) is 7.25. The van der Waals surface area contributed by atoms with E-state index in [1.165, 1.54) is 11.6 Å². The van der Waals surface area contributed by atoms with Gasteiger partial charge in [-0.1, -0.05) is 51.1 Å². The van der Waals surface area contributed by atoms with Gasteiger partial charge in [0.15, 0.2) is 5.11 Å². The number of nitrogens with one attached hydrogen (secondary N) is 2. The Hall–Kier alpha value is -2.14. The zero-order chi connectivity index (χ0) is 17.7. The predicted octanol–water partition coefficient (Wildman–Crippen LogP) is 3.87. The van der Waals surface area contributed by atoms with Gasteiger partial charge in [0.05, 0.1) is 5.69 Å². The average Bonchev–Trinajstić information content (AvgIpc) is 2.53. The summed E-state index contributed by atoms with van der Waals surface area (Å²) in [5, 5.41) is 6.75. The Kier molecular flexibility index (Phi) is 5.78. The summed E-state index contributed by atoms with van der Waals surface area (Å²) in [6, 6.07) is 13.2. The third-order valence-electron chi connectivity index (χ3n) is 3.79. The standard InChI is InChI=1S/C19H24FN3S/c1-19(2,3)15-7-4-13(5-8-15)11-22-18(24)23-12-14-6-9-17(21)16(20)10-14/h4-10H,11-12,21H2,1-3H3,(H2,22,23,24). The largest absolute Gasteiger partial charge is 0.396 e. The molecular formula is C19H24FN3S. The summed E-state index contributed by atoms with van der Waals surface area (Å²) in [5.74, 6) is -0.410. The van der Waals surface area contributed by atoms with Gasteiger partial charge in [-0.2, -0.15) is 0 Å². The Labute approximate surface area is 148 Å². The highest BCUT2D eigenvalue weighted by atomic mass is 32.1. The molecule has 0 aliphatic rings. The van der Waals surface area contributed by atoms with Crippen LogP contribution < -0.4 is 16.4 Å². The van der Waals surface area contributed by atoms with E-state index in [1.54, 1.807) is 12.1 Å². The van der Waals surface area contributed by atoms with Crippen LogP contribution in [0.15, 0.2) is 42.5 Å². The molecule has 128 valence electrons. The van der Waals surface area contributed by atoms with Crippen molar-refractivity contribution < 1.29 is 4.39 Å². The zero-order valence-corrected chi connectivity index (χ0v) is 15.1. The molecule has 0 bridgehead atoms. The monoisotopic (exact) mass is 345 g/mol. The number of rotatable bonds is 4. The van der Waals surface area contributed by atoms with Crippen LogP contribution in [0.5, 0.6) is 0 Å². The smallest absolute Gasteiger partial charge is 0.166 e. The summed E-state index contributed by atoms with van der Waals surface area (Å²) in [6.45, 7) is 7.68. The average molecular weight is 345 g/mol. The van der Waals surface area contributed by atoms with Gasteiger partial charge in [0.25, 0.3) is 0 Å². The Bertz CT molecular complexity index is 706. The molecule has 4 N–H and O–H groups in total. The molecule has 0 aliphatic carbocycles. The maximum Gasteiger partial charge on any atom is 0.166 e. The van der Waals surface area contributed by atoms with E-state index >= 15 is 0 Å². The van der Waals surface area contributed by atoms with Gasteiger partial charge in [0, 0.05) is 13.1 Å². The molecule has 0 unspecified atom stereocenters. The van der Waals surface area contributed by atoms with Crippen molar-refractivity contribution in [2.24, 2.45) is 0 Å². The number of anilines is 1. The summed E-state index contributed by atoms with van der Waals surface area (Å²) in [5.41, 5.74) is 9.01. The Morgan fingerprint density at radius 3 is 2.08 bits per heavy atom. The van der Waals surface area contributed by atoms with E-state index in [1.807, 2.05) is 0 Å². The van der Waals surface area contributed by atoms with Crippen molar-refractivity contribution in [1.29, 1.82) is 0 Å². The van der Waals surface area contributed by atoms with Crippen molar-refractivity contribution in [3.05, 3.63) is 65.0 Å². The Balaban J connectivity index is 1.81. The van der Waals surface area contributed by atoms with Crippen molar-refractivity contribution in [2.75, 3.05) is 5.73 Å². The Morgan fingerprint density at radius 1 is 1.00 bits per heavy atom. The van der Waals surface area contributed by atoms with E-state index in [9.17, 15) is 4.39 Å². The first-order chi connectivity index (χ1) is 11.3. The number of benzene rings is 2. The molecule has 0 aromatic heterocycles. The van der Waals surface area contributed by atoms with Gasteiger partial charge < -0.3 is 16.4 Å². The third kappa shape index (κ3) is 5.20. The fourth-order valence-corrected chi connectivity index (χ4v) is 2.37. The van der Waals surface area contributed by atoms with Crippen LogP contribution in [0.1, 0.15) is 37.5 Å². The molecule has 0 amide bonds. The molecule has 24 heavy (non-hydrogen) atoms. The zero-order valence-electron chi connectivity index (χ0n) is 14.3. The lowest BCUT2D eigenvalue weighted by Crippen LogP contribution is -2.34. The molecule has 5 heteroatoms. The van der Waals surface area contributed by atoms with Gasteiger partial charge in [-0.3, -0.25) is 0 Å². The first kappa shape index (κ1) is 18.2. The topological polar surface area (TPSA) is 50.1 Å². The molecule has 0 heterocycles. The van der Waals surface area contributed by atoms with Crippen molar-refractivity contribution in [3.8, 4) is 0 Å². The van der Waals surface area contributed by atoms with E-state index in [0.717, 1.165) is 11.1 Å². The highest BCUT2D eigenvalue weighted by Gasteiger charge is 2.12. The summed E-state index contributed by atoms with van der Waals surface area (Å²) < 4.78 is 13.4. The normalized spacial score (nSPS) is 11.2. The van der Waals surface area contributed by atoms with Crippen LogP contribution in [0.2, 0.25) is 0 Å². The fourth-order valence-electron chi connectivity index (χ4n) is 2.23.